The van der Waals surface area contributed by atoms with Gasteiger partial charge in [-0.05, 0) is 25.5 Å². The number of anilines is 1. The lowest BCUT2D eigenvalue weighted by atomic mass is 9.95. The first-order valence-electron chi connectivity index (χ1n) is 6.57. The molecule has 19 heavy (non-hydrogen) atoms. The zero-order valence-corrected chi connectivity index (χ0v) is 12.1. The van der Waals surface area contributed by atoms with Crippen LogP contribution in [0.25, 0.3) is 0 Å². The van der Waals surface area contributed by atoms with Crippen LogP contribution >= 0.6 is 0 Å². The number of hydrogen-bond acceptors (Lipinski definition) is 4. The summed E-state index contributed by atoms with van der Waals surface area (Å²) in [5, 5.41) is 12.9. The van der Waals surface area contributed by atoms with Crippen LogP contribution in [0.1, 0.15) is 39.3 Å². The number of hydrogen-bond donors (Lipinski definition) is 3. The number of benzene rings is 1. The molecule has 0 radical (unpaired) electrons. The van der Waals surface area contributed by atoms with E-state index in [0.29, 0.717) is 6.54 Å². The lowest BCUT2D eigenvalue weighted by Crippen LogP contribution is -2.31. The zero-order valence-electron chi connectivity index (χ0n) is 12.1. The summed E-state index contributed by atoms with van der Waals surface area (Å²) < 4.78 is 0. The van der Waals surface area contributed by atoms with Crippen LogP contribution in [-0.4, -0.2) is 23.0 Å². The maximum Gasteiger partial charge on any atom is 0.156 e. The Bertz CT molecular complexity index is 436. The van der Waals surface area contributed by atoms with Crippen molar-refractivity contribution < 1.29 is 9.90 Å². The molecule has 0 fully saturated rings. The van der Waals surface area contributed by atoms with Gasteiger partial charge in [-0.2, -0.15) is 0 Å². The fourth-order valence-corrected chi connectivity index (χ4v) is 1.75. The summed E-state index contributed by atoms with van der Waals surface area (Å²) in [5.74, 6) is -0.0881. The molecular weight excluding hydrogens is 240 g/mol. The first kappa shape index (κ1) is 15.7. The highest BCUT2D eigenvalue weighted by Crippen LogP contribution is 2.24. The second-order valence-corrected chi connectivity index (χ2v) is 5.79. The second kappa shape index (κ2) is 6.17. The zero-order chi connectivity index (χ0) is 14.6. The van der Waals surface area contributed by atoms with E-state index in [1.54, 1.807) is 13.8 Å². The number of carbonyl (C=O) groups is 1. The van der Waals surface area contributed by atoms with Crippen molar-refractivity contribution in [1.82, 2.24) is 0 Å². The molecule has 0 heterocycles. The van der Waals surface area contributed by atoms with Gasteiger partial charge >= 0.3 is 0 Å². The third kappa shape index (κ3) is 4.65. The van der Waals surface area contributed by atoms with Gasteiger partial charge in [-0.25, -0.2) is 0 Å². The predicted octanol–water partition coefficient (Wildman–Crippen LogP) is 2.09. The molecule has 4 N–H and O–H groups in total. The molecule has 1 aromatic carbocycles. The largest absolute Gasteiger partial charge is 0.389 e. The fourth-order valence-electron chi connectivity index (χ4n) is 1.75. The molecule has 1 unspecified atom stereocenters. The normalized spacial score (nSPS) is 13.4. The van der Waals surface area contributed by atoms with Crippen LogP contribution in [0.4, 0.5) is 5.69 Å². The van der Waals surface area contributed by atoms with Crippen LogP contribution in [0.2, 0.25) is 0 Å². The van der Waals surface area contributed by atoms with Gasteiger partial charge in [-0.15, -0.1) is 0 Å². The molecule has 0 bridgehead atoms. The summed E-state index contributed by atoms with van der Waals surface area (Å²) in [4.78, 5) is 12.0. The monoisotopic (exact) mass is 264 g/mol. The first-order valence-corrected chi connectivity index (χ1v) is 6.57. The standard InChI is InChI=1S/C15H24N2O2/c1-10(2)14(18)13(16)11-7-5-6-8-12(11)17-9-15(3,4)19/h5-8,10,13,17,19H,9,16H2,1-4H3. The Morgan fingerprint density at radius 3 is 2.47 bits per heavy atom. The van der Waals surface area contributed by atoms with E-state index in [9.17, 15) is 9.90 Å². The Morgan fingerprint density at radius 1 is 1.37 bits per heavy atom. The third-order valence-electron chi connectivity index (χ3n) is 2.88. The number of nitrogens with one attached hydrogen (secondary N) is 1. The van der Waals surface area contributed by atoms with Crippen molar-refractivity contribution in [2.45, 2.75) is 39.3 Å². The number of ketones is 1. The van der Waals surface area contributed by atoms with Crippen LogP contribution in [0.3, 0.4) is 0 Å². The van der Waals surface area contributed by atoms with Crippen molar-refractivity contribution in [3.05, 3.63) is 29.8 Å². The lowest BCUT2D eigenvalue weighted by molar-refractivity contribution is -0.123. The molecule has 4 heteroatoms. The van der Waals surface area contributed by atoms with Crippen molar-refractivity contribution in [3.8, 4) is 0 Å². The van der Waals surface area contributed by atoms with Crippen molar-refractivity contribution in [2.75, 3.05) is 11.9 Å². The van der Waals surface area contributed by atoms with E-state index >= 15 is 0 Å². The summed E-state index contributed by atoms with van der Waals surface area (Å²) in [6, 6.07) is 6.82. The average molecular weight is 264 g/mol. The topological polar surface area (TPSA) is 75.4 Å². The smallest absolute Gasteiger partial charge is 0.156 e. The van der Waals surface area contributed by atoms with E-state index < -0.39 is 11.6 Å². The Morgan fingerprint density at radius 2 is 1.95 bits per heavy atom. The average Bonchev–Trinajstić information content (AvgIpc) is 2.34. The van der Waals surface area contributed by atoms with Gasteiger partial charge < -0.3 is 16.2 Å². The Balaban J connectivity index is 2.92. The minimum atomic E-state index is -0.820. The molecule has 0 saturated carbocycles. The van der Waals surface area contributed by atoms with E-state index in [1.165, 1.54) is 0 Å². The van der Waals surface area contributed by atoms with Crippen LogP contribution in [0.15, 0.2) is 24.3 Å². The molecule has 0 aliphatic heterocycles. The molecule has 0 amide bonds. The van der Waals surface area contributed by atoms with E-state index in [1.807, 2.05) is 38.1 Å². The number of carbonyl (C=O) groups excluding carboxylic acids is 1. The number of para-hydroxylation sites is 1. The summed E-state index contributed by atoms with van der Waals surface area (Å²) >= 11 is 0. The highest BCUT2D eigenvalue weighted by molar-refractivity contribution is 5.88. The maximum atomic E-state index is 12.0. The molecule has 1 rings (SSSR count). The van der Waals surface area contributed by atoms with E-state index in [4.69, 9.17) is 5.73 Å². The summed E-state index contributed by atoms with van der Waals surface area (Å²) in [7, 11) is 0. The molecule has 1 aromatic rings. The van der Waals surface area contributed by atoms with Crippen molar-refractivity contribution in [3.63, 3.8) is 0 Å². The first-order chi connectivity index (χ1) is 8.72. The SMILES string of the molecule is CC(C)C(=O)C(N)c1ccccc1NCC(C)(C)O. The van der Waals surface area contributed by atoms with E-state index in [0.717, 1.165) is 11.3 Å². The summed E-state index contributed by atoms with van der Waals surface area (Å²) in [6.07, 6.45) is 0. The van der Waals surface area contributed by atoms with Crippen molar-refractivity contribution in [1.29, 1.82) is 0 Å². The summed E-state index contributed by atoms with van der Waals surface area (Å²) in [5.41, 5.74) is 6.77. The molecule has 0 spiro atoms. The minimum Gasteiger partial charge on any atom is -0.389 e. The number of nitrogens with two attached hydrogens (primary N) is 1. The van der Waals surface area contributed by atoms with Crippen LogP contribution < -0.4 is 11.1 Å². The Kier molecular flexibility index (Phi) is 5.09. The van der Waals surface area contributed by atoms with E-state index in [-0.39, 0.29) is 11.7 Å². The highest BCUT2D eigenvalue weighted by Gasteiger charge is 2.22. The highest BCUT2D eigenvalue weighted by atomic mass is 16.3. The molecule has 0 aliphatic rings. The van der Waals surface area contributed by atoms with Gasteiger partial charge in [-0.3, -0.25) is 4.79 Å². The van der Waals surface area contributed by atoms with Gasteiger partial charge in [-0.1, -0.05) is 32.0 Å². The summed E-state index contributed by atoms with van der Waals surface area (Å²) in [6.45, 7) is 7.53. The van der Waals surface area contributed by atoms with Crippen LogP contribution in [0, 0.1) is 5.92 Å². The quantitative estimate of drug-likeness (QED) is 0.735. The van der Waals surface area contributed by atoms with Crippen LogP contribution in [-0.2, 0) is 4.79 Å². The predicted molar refractivity (Wildman–Crippen MR) is 78.0 cm³/mol. The molecule has 0 saturated heterocycles. The van der Waals surface area contributed by atoms with Gasteiger partial charge in [0.2, 0.25) is 0 Å². The minimum absolute atomic E-state index is 0.0116. The van der Waals surface area contributed by atoms with Gasteiger partial charge in [0, 0.05) is 18.2 Å². The molecule has 0 aliphatic carbocycles. The second-order valence-electron chi connectivity index (χ2n) is 5.79. The molecule has 4 nitrogen and oxygen atoms in total. The van der Waals surface area contributed by atoms with Gasteiger partial charge in [0.25, 0.3) is 0 Å². The number of Topliss-reactive ketones (excluding diaryl/α,β-unsaturated/α-hetero) is 1. The van der Waals surface area contributed by atoms with Gasteiger partial charge in [0.05, 0.1) is 11.6 Å². The van der Waals surface area contributed by atoms with Gasteiger partial charge in [0.15, 0.2) is 5.78 Å². The third-order valence-corrected chi connectivity index (χ3v) is 2.88. The number of aliphatic hydroxyl groups is 1. The molecule has 106 valence electrons. The fraction of sp³-hybridized carbons (Fsp3) is 0.533. The lowest BCUT2D eigenvalue weighted by Gasteiger charge is -2.22. The Labute approximate surface area is 115 Å². The molecular formula is C15H24N2O2. The molecule has 1 atom stereocenters. The Hall–Kier alpha value is -1.39. The van der Waals surface area contributed by atoms with Crippen molar-refractivity contribution >= 4 is 11.5 Å². The molecule has 0 aromatic heterocycles. The van der Waals surface area contributed by atoms with Crippen LogP contribution in [0.5, 0.6) is 0 Å². The number of rotatable bonds is 6. The maximum absolute atomic E-state index is 12.0. The van der Waals surface area contributed by atoms with Gasteiger partial charge in [0.1, 0.15) is 0 Å². The van der Waals surface area contributed by atoms with E-state index in [2.05, 4.69) is 5.32 Å². The van der Waals surface area contributed by atoms with Crippen molar-refractivity contribution in [2.24, 2.45) is 11.7 Å².